The van der Waals surface area contributed by atoms with E-state index in [9.17, 15) is 9.59 Å². The maximum Gasteiger partial charge on any atom is 0.322 e. The molecule has 0 radical (unpaired) electrons. The quantitative estimate of drug-likeness (QED) is 0.718. The Bertz CT molecular complexity index is 350. The van der Waals surface area contributed by atoms with Gasteiger partial charge in [-0.3, -0.25) is 9.59 Å². The zero-order chi connectivity index (χ0) is 10.7. The standard InChI is InChI=1S/C8H10N2O4/c1-4-7(5(2)14-10-4)8(13)9-3-6(11)12/h3H2,1-2H3,(H,9,13)(H,11,12). The van der Waals surface area contributed by atoms with Gasteiger partial charge in [-0.15, -0.1) is 0 Å². The SMILES string of the molecule is Cc1noc(C)c1C(=O)NCC(=O)O. The van der Waals surface area contributed by atoms with Gasteiger partial charge in [0, 0.05) is 0 Å². The fourth-order valence-corrected chi connectivity index (χ4v) is 1.05. The maximum atomic E-state index is 11.4. The van der Waals surface area contributed by atoms with Crippen LogP contribution in [0.2, 0.25) is 0 Å². The first kappa shape index (κ1) is 10.2. The predicted octanol–water partition coefficient (Wildman–Crippen LogP) is 0.106. The number of carboxylic acids is 1. The van der Waals surface area contributed by atoms with E-state index in [1.165, 1.54) is 0 Å². The minimum atomic E-state index is -1.09. The van der Waals surface area contributed by atoms with Crippen LogP contribution < -0.4 is 5.32 Å². The number of aromatic nitrogens is 1. The molecule has 14 heavy (non-hydrogen) atoms. The van der Waals surface area contributed by atoms with Crippen LogP contribution in [0.15, 0.2) is 4.52 Å². The van der Waals surface area contributed by atoms with Crippen molar-refractivity contribution in [3.63, 3.8) is 0 Å². The van der Waals surface area contributed by atoms with Gasteiger partial charge in [0.25, 0.3) is 5.91 Å². The normalized spacial score (nSPS) is 9.86. The van der Waals surface area contributed by atoms with Gasteiger partial charge in [-0.25, -0.2) is 0 Å². The molecule has 0 bridgehead atoms. The summed E-state index contributed by atoms with van der Waals surface area (Å²) < 4.78 is 4.76. The molecule has 0 atom stereocenters. The Balaban J connectivity index is 2.74. The van der Waals surface area contributed by atoms with Crippen LogP contribution in [0.25, 0.3) is 0 Å². The fourth-order valence-electron chi connectivity index (χ4n) is 1.05. The lowest BCUT2D eigenvalue weighted by Crippen LogP contribution is -2.29. The smallest absolute Gasteiger partial charge is 0.322 e. The highest BCUT2D eigenvalue weighted by Gasteiger charge is 2.17. The van der Waals surface area contributed by atoms with E-state index in [2.05, 4.69) is 10.5 Å². The number of aliphatic carboxylic acids is 1. The summed E-state index contributed by atoms with van der Waals surface area (Å²) in [7, 11) is 0. The molecule has 0 aliphatic rings. The average Bonchev–Trinajstić information content (AvgIpc) is 2.42. The minimum Gasteiger partial charge on any atom is -0.480 e. The van der Waals surface area contributed by atoms with Gasteiger partial charge in [-0.2, -0.15) is 0 Å². The van der Waals surface area contributed by atoms with E-state index >= 15 is 0 Å². The molecule has 0 aliphatic carbocycles. The molecule has 6 nitrogen and oxygen atoms in total. The van der Waals surface area contributed by atoms with E-state index in [1.54, 1.807) is 13.8 Å². The Labute approximate surface area is 79.9 Å². The number of carbonyl (C=O) groups excluding carboxylic acids is 1. The van der Waals surface area contributed by atoms with E-state index < -0.39 is 18.4 Å². The van der Waals surface area contributed by atoms with Crippen LogP contribution in [0, 0.1) is 13.8 Å². The van der Waals surface area contributed by atoms with Crippen molar-refractivity contribution in [2.75, 3.05) is 6.54 Å². The molecule has 0 aromatic carbocycles. The molecule has 6 heteroatoms. The monoisotopic (exact) mass is 198 g/mol. The summed E-state index contributed by atoms with van der Waals surface area (Å²) in [6.45, 7) is 2.80. The third-order valence-electron chi connectivity index (χ3n) is 1.66. The Hall–Kier alpha value is -1.85. The summed E-state index contributed by atoms with van der Waals surface area (Å²) in [6, 6.07) is 0. The van der Waals surface area contributed by atoms with Gasteiger partial charge in [-0.1, -0.05) is 5.16 Å². The van der Waals surface area contributed by atoms with Crippen molar-refractivity contribution in [3.8, 4) is 0 Å². The van der Waals surface area contributed by atoms with Crippen LogP contribution >= 0.6 is 0 Å². The highest BCUT2D eigenvalue weighted by Crippen LogP contribution is 2.11. The zero-order valence-electron chi connectivity index (χ0n) is 7.83. The zero-order valence-corrected chi connectivity index (χ0v) is 7.83. The molecule has 0 saturated heterocycles. The lowest BCUT2D eigenvalue weighted by atomic mass is 10.2. The third-order valence-corrected chi connectivity index (χ3v) is 1.66. The van der Waals surface area contributed by atoms with E-state index in [-0.39, 0.29) is 0 Å². The third kappa shape index (κ3) is 2.09. The first-order chi connectivity index (χ1) is 6.52. The van der Waals surface area contributed by atoms with Crippen LogP contribution in [0.5, 0.6) is 0 Å². The predicted molar refractivity (Wildman–Crippen MR) is 45.9 cm³/mol. The van der Waals surface area contributed by atoms with Gasteiger partial charge in [0.05, 0.1) is 5.69 Å². The van der Waals surface area contributed by atoms with Crippen LogP contribution in [0.4, 0.5) is 0 Å². The summed E-state index contributed by atoms with van der Waals surface area (Å²) >= 11 is 0. The second-order valence-corrected chi connectivity index (χ2v) is 2.78. The summed E-state index contributed by atoms with van der Waals surface area (Å²) in [5.74, 6) is -1.20. The Morgan fingerprint density at radius 3 is 2.57 bits per heavy atom. The maximum absolute atomic E-state index is 11.4. The lowest BCUT2D eigenvalue weighted by molar-refractivity contribution is -0.135. The molecule has 1 heterocycles. The molecule has 76 valence electrons. The summed E-state index contributed by atoms with van der Waals surface area (Å²) in [5, 5.41) is 14.2. The molecule has 0 spiro atoms. The molecule has 1 aromatic rings. The van der Waals surface area contributed by atoms with E-state index in [1.807, 2.05) is 0 Å². The summed E-state index contributed by atoms with van der Waals surface area (Å²) in [5.41, 5.74) is 0.747. The first-order valence-electron chi connectivity index (χ1n) is 3.95. The van der Waals surface area contributed by atoms with Gasteiger partial charge < -0.3 is 14.9 Å². The van der Waals surface area contributed by atoms with Crippen LogP contribution in [-0.2, 0) is 4.79 Å². The molecule has 2 N–H and O–H groups in total. The van der Waals surface area contributed by atoms with Crippen molar-refractivity contribution in [2.24, 2.45) is 0 Å². The minimum absolute atomic E-state index is 0.297. The van der Waals surface area contributed by atoms with Gasteiger partial charge in [0.15, 0.2) is 0 Å². The Morgan fingerprint density at radius 1 is 1.50 bits per heavy atom. The van der Waals surface area contributed by atoms with Crippen LogP contribution in [-0.4, -0.2) is 28.7 Å². The first-order valence-corrected chi connectivity index (χ1v) is 3.95. The summed E-state index contributed by atoms with van der Waals surface area (Å²) in [6.07, 6.45) is 0. The average molecular weight is 198 g/mol. The second kappa shape index (κ2) is 3.91. The summed E-state index contributed by atoms with van der Waals surface area (Å²) in [4.78, 5) is 21.6. The van der Waals surface area contributed by atoms with Gasteiger partial charge in [0.2, 0.25) is 0 Å². The molecule has 0 fully saturated rings. The largest absolute Gasteiger partial charge is 0.480 e. The number of carbonyl (C=O) groups is 2. The van der Waals surface area contributed by atoms with Gasteiger partial charge >= 0.3 is 5.97 Å². The fraction of sp³-hybridized carbons (Fsp3) is 0.375. The topological polar surface area (TPSA) is 92.4 Å². The number of carboxylic acid groups (broad SMARTS) is 1. The Kier molecular flexibility index (Phi) is 2.85. The van der Waals surface area contributed by atoms with Gasteiger partial charge in [-0.05, 0) is 13.8 Å². The highest BCUT2D eigenvalue weighted by atomic mass is 16.5. The molecular formula is C8H10N2O4. The van der Waals surface area contributed by atoms with Crippen molar-refractivity contribution < 1.29 is 19.2 Å². The molecule has 1 aromatic heterocycles. The van der Waals surface area contributed by atoms with E-state index in [0.29, 0.717) is 17.0 Å². The molecular weight excluding hydrogens is 188 g/mol. The Morgan fingerprint density at radius 2 is 2.14 bits per heavy atom. The number of aryl methyl sites for hydroxylation is 2. The van der Waals surface area contributed by atoms with E-state index in [0.717, 1.165) is 0 Å². The number of amides is 1. The van der Waals surface area contributed by atoms with Crippen LogP contribution in [0.3, 0.4) is 0 Å². The molecule has 1 amide bonds. The van der Waals surface area contributed by atoms with Crippen molar-refractivity contribution in [3.05, 3.63) is 17.0 Å². The second-order valence-electron chi connectivity index (χ2n) is 2.78. The molecule has 0 saturated carbocycles. The number of hydrogen-bond acceptors (Lipinski definition) is 4. The van der Waals surface area contributed by atoms with Crippen molar-refractivity contribution >= 4 is 11.9 Å². The van der Waals surface area contributed by atoms with Gasteiger partial charge in [0.1, 0.15) is 17.9 Å². The molecule has 0 unspecified atom stereocenters. The number of nitrogens with zero attached hydrogens (tertiary/aromatic N) is 1. The van der Waals surface area contributed by atoms with Crippen molar-refractivity contribution in [2.45, 2.75) is 13.8 Å². The highest BCUT2D eigenvalue weighted by molar-refractivity contribution is 5.97. The lowest BCUT2D eigenvalue weighted by Gasteiger charge is -2.00. The van der Waals surface area contributed by atoms with Crippen LogP contribution in [0.1, 0.15) is 21.8 Å². The molecule has 1 rings (SSSR count). The molecule has 0 aliphatic heterocycles. The number of hydrogen-bond donors (Lipinski definition) is 2. The van der Waals surface area contributed by atoms with E-state index in [4.69, 9.17) is 9.63 Å². The number of rotatable bonds is 3. The number of nitrogens with one attached hydrogen (secondary N) is 1. The van der Waals surface area contributed by atoms with Crippen molar-refractivity contribution in [1.29, 1.82) is 0 Å². The van der Waals surface area contributed by atoms with Crippen molar-refractivity contribution in [1.82, 2.24) is 10.5 Å².